The summed E-state index contributed by atoms with van der Waals surface area (Å²) in [5.74, 6) is 8.12. The minimum Gasteiger partial charge on any atom is -0.508 e. The third kappa shape index (κ3) is 7.97. The van der Waals surface area contributed by atoms with Crippen molar-refractivity contribution in [2.45, 2.75) is 134 Å². The van der Waals surface area contributed by atoms with Gasteiger partial charge >= 0.3 is 0 Å². The largest absolute Gasteiger partial charge is 0.508 e. The zero-order valence-corrected chi connectivity index (χ0v) is 33.4. The number of aliphatic hydroxyl groups excluding tert-OH is 1. The molecule has 0 saturated heterocycles. The molecule has 9 nitrogen and oxygen atoms in total. The molecule has 56 heavy (non-hydrogen) atoms. The van der Waals surface area contributed by atoms with Crippen molar-refractivity contribution in [1.29, 1.82) is 0 Å². The number of phenolic OH excluding ortho intramolecular Hbond substituents is 2. The first kappa shape index (κ1) is 40.0. The van der Waals surface area contributed by atoms with Gasteiger partial charge in [-0.1, -0.05) is 55.9 Å². The normalized spacial score (nSPS) is 29.9. The summed E-state index contributed by atoms with van der Waals surface area (Å²) in [4.78, 5) is 18.2. The van der Waals surface area contributed by atoms with E-state index in [2.05, 4.69) is 30.9 Å². The summed E-state index contributed by atoms with van der Waals surface area (Å²) in [5, 5.41) is 33.5. The van der Waals surface area contributed by atoms with E-state index in [0.29, 0.717) is 37.4 Å². The van der Waals surface area contributed by atoms with Gasteiger partial charge in [0, 0.05) is 42.9 Å². The van der Waals surface area contributed by atoms with E-state index >= 15 is 0 Å². The van der Waals surface area contributed by atoms with Gasteiger partial charge in [-0.15, -0.1) is 0 Å². The molecule has 5 aliphatic carbocycles. The monoisotopic (exact) mass is 763 g/mol. The zero-order valence-electron chi connectivity index (χ0n) is 33.4. The molecular formula is C47H61N3O6. The maximum Gasteiger partial charge on any atom is 0.186 e. The minimum atomic E-state index is -0.333. The van der Waals surface area contributed by atoms with Gasteiger partial charge in [0.1, 0.15) is 5.75 Å². The number of ketones is 1. The number of carbonyl (C=O) groups is 1. The molecule has 5 aliphatic rings. The van der Waals surface area contributed by atoms with Crippen molar-refractivity contribution in [2.75, 3.05) is 13.7 Å². The number of hydrogen-bond donors (Lipinski definition) is 5. The highest BCUT2D eigenvalue weighted by atomic mass is 16.5. The fourth-order valence-corrected chi connectivity index (χ4v) is 11.4. The van der Waals surface area contributed by atoms with E-state index in [0.717, 1.165) is 85.6 Å². The molecular weight excluding hydrogens is 703 g/mol. The third-order valence-electron chi connectivity index (χ3n) is 13.5. The van der Waals surface area contributed by atoms with Crippen LogP contribution in [0.2, 0.25) is 0 Å². The second-order valence-corrected chi connectivity index (χ2v) is 17.3. The van der Waals surface area contributed by atoms with Gasteiger partial charge in [0.15, 0.2) is 23.2 Å². The highest BCUT2D eigenvalue weighted by Gasteiger charge is 2.61. The Labute approximate surface area is 332 Å². The maximum atomic E-state index is 13.5. The Bertz CT molecular complexity index is 1930. The lowest BCUT2D eigenvalue weighted by molar-refractivity contribution is -0.114. The number of nitrogens with zero attached hydrogens (tertiary/aromatic N) is 1. The van der Waals surface area contributed by atoms with Crippen LogP contribution in [-0.4, -0.2) is 59.0 Å². The first-order valence-electron chi connectivity index (χ1n) is 21.0. The summed E-state index contributed by atoms with van der Waals surface area (Å²) in [7, 11) is 1.80. The topological polar surface area (TPSA) is 161 Å². The number of aryl methyl sites for hydroxylation is 1. The van der Waals surface area contributed by atoms with E-state index in [1.165, 1.54) is 5.57 Å². The number of aliphatic hydroxyl groups is 1. The van der Waals surface area contributed by atoms with E-state index in [1.54, 1.807) is 19.3 Å². The van der Waals surface area contributed by atoms with Gasteiger partial charge in [-0.05, 0) is 135 Å². The predicted molar refractivity (Wildman–Crippen MR) is 220 cm³/mol. The molecule has 300 valence electrons. The molecule has 0 aliphatic heterocycles. The van der Waals surface area contributed by atoms with Crippen LogP contribution in [0.15, 0.2) is 58.6 Å². The second-order valence-electron chi connectivity index (χ2n) is 17.3. The third-order valence-corrected chi connectivity index (χ3v) is 13.5. The van der Waals surface area contributed by atoms with Crippen LogP contribution in [0.5, 0.6) is 17.2 Å². The number of fused-ring (bicyclic) bond motifs is 1. The fourth-order valence-electron chi connectivity index (χ4n) is 11.4. The molecule has 2 aromatic carbocycles. The predicted octanol–water partition coefficient (Wildman–Crippen LogP) is 7.69. The van der Waals surface area contributed by atoms with Gasteiger partial charge in [0.2, 0.25) is 0 Å². The van der Waals surface area contributed by atoms with E-state index in [9.17, 15) is 20.1 Å². The van der Waals surface area contributed by atoms with E-state index in [4.69, 9.17) is 25.9 Å². The average Bonchev–Trinajstić information content (AvgIpc) is 3.68. The Hall–Kier alpha value is -4.26. The van der Waals surface area contributed by atoms with Crippen molar-refractivity contribution in [3.63, 3.8) is 0 Å². The van der Waals surface area contributed by atoms with Crippen LogP contribution in [0, 0.1) is 35.0 Å². The number of aromatic hydroxyl groups is 2. The quantitative estimate of drug-likeness (QED) is 0.0484. The van der Waals surface area contributed by atoms with Crippen LogP contribution in [0.1, 0.15) is 131 Å². The number of methoxy groups -OCH3 is 1. The molecule has 9 heteroatoms. The Morgan fingerprint density at radius 3 is 2.62 bits per heavy atom. The van der Waals surface area contributed by atoms with Gasteiger partial charge in [0.25, 0.3) is 0 Å². The van der Waals surface area contributed by atoms with Gasteiger partial charge < -0.3 is 36.3 Å². The number of phenols is 2. The van der Waals surface area contributed by atoms with Crippen molar-refractivity contribution in [2.24, 2.45) is 39.6 Å². The van der Waals surface area contributed by atoms with Crippen molar-refractivity contribution >= 4 is 11.7 Å². The molecule has 3 saturated carbocycles. The number of guanidine groups is 1. The number of allylic oxidation sites excluding steroid dienone is 3. The van der Waals surface area contributed by atoms with Crippen LogP contribution >= 0.6 is 0 Å². The molecule has 8 atom stereocenters. The number of benzene rings is 2. The van der Waals surface area contributed by atoms with Gasteiger partial charge in [-0.2, -0.15) is 0 Å². The molecule has 7 N–H and O–H groups in total. The average molecular weight is 764 g/mol. The molecule has 4 bridgehead atoms. The lowest BCUT2D eigenvalue weighted by Crippen LogP contribution is -2.54. The summed E-state index contributed by atoms with van der Waals surface area (Å²) in [5.41, 5.74) is 17.4. The Morgan fingerprint density at radius 2 is 1.91 bits per heavy atom. The standard InChI is InChI=1S/C47H61N3O6/c1-4-9-29(27-51)21-35(53)17-16-31-25-41(56-36-13-5-6-14-36)45(54)43-37(31)15-8-11-33(50-46(48)49)22-32-24-39-38(30-10-7-12-34(52)23-30)20-28(2)26-47(39)19-18-40(55-3)42(32)44(43)47/h7,10,12,21,23-25,28,32-33,36,38,40,42,44,51-52,54H,4-6,9,11,13-14,16-20,22,26-27H2,1-3H3,(H4,48,49,50)/t28-,32-,33+,38+,40-,42+,44-,47+/m1/s1. The lowest BCUT2D eigenvalue weighted by atomic mass is 9.43. The second kappa shape index (κ2) is 17.1. The number of aliphatic imine (C=N–C) groups is 1. The molecule has 0 amide bonds. The Kier molecular flexibility index (Phi) is 12.2. The van der Waals surface area contributed by atoms with Crippen LogP contribution in [0.25, 0.3) is 0 Å². The summed E-state index contributed by atoms with van der Waals surface area (Å²) in [6.07, 6.45) is 14.9. The number of nitrogens with two attached hydrogens (primary N) is 2. The summed E-state index contributed by atoms with van der Waals surface area (Å²) in [6.45, 7) is 4.23. The Morgan fingerprint density at radius 1 is 1.11 bits per heavy atom. The maximum absolute atomic E-state index is 13.5. The molecule has 0 aromatic heterocycles. The van der Waals surface area contributed by atoms with E-state index in [-0.39, 0.29) is 83.6 Å². The van der Waals surface area contributed by atoms with Crippen LogP contribution < -0.4 is 16.2 Å². The van der Waals surface area contributed by atoms with Gasteiger partial charge in [0.05, 0.1) is 24.9 Å². The van der Waals surface area contributed by atoms with Crippen LogP contribution in [-0.2, 0) is 16.0 Å². The van der Waals surface area contributed by atoms with Crippen molar-refractivity contribution in [1.82, 2.24) is 0 Å². The summed E-state index contributed by atoms with van der Waals surface area (Å²) < 4.78 is 13.2. The smallest absolute Gasteiger partial charge is 0.186 e. The number of hydrogen-bond acceptors (Lipinski definition) is 7. The number of ether oxygens (including phenoxy) is 2. The highest BCUT2D eigenvalue weighted by molar-refractivity contribution is 5.90. The molecule has 0 unspecified atom stereocenters. The van der Waals surface area contributed by atoms with Gasteiger partial charge in [-0.25, -0.2) is 4.99 Å². The zero-order chi connectivity index (χ0) is 39.6. The molecule has 1 spiro atoms. The summed E-state index contributed by atoms with van der Waals surface area (Å²) >= 11 is 0. The first-order chi connectivity index (χ1) is 27.0. The van der Waals surface area contributed by atoms with Crippen molar-refractivity contribution in [3.8, 4) is 29.1 Å². The minimum absolute atomic E-state index is 0.00637. The number of rotatable bonds is 12. The van der Waals surface area contributed by atoms with E-state index in [1.807, 2.05) is 25.1 Å². The Balaban J connectivity index is 1.48. The molecule has 0 heterocycles. The molecule has 0 radical (unpaired) electrons. The molecule has 2 aromatic rings. The molecule has 7 rings (SSSR count). The molecule has 3 fully saturated rings. The summed E-state index contributed by atoms with van der Waals surface area (Å²) in [6, 6.07) is 9.40. The van der Waals surface area contributed by atoms with Crippen molar-refractivity contribution in [3.05, 3.63) is 75.9 Å². The highest BCUT2D eigenvalue weighted by Crippen LogP contribution is 2.70. The van der Waals surface area contributed by atoms with Crippen LogP contribution in [0.3, 0.4) is 0 Å². The fraction of sp³-hybridized carbons (Fsp3) is 0.574. The van der Waals surface area contributed by atoms with Gasteiger partial charge in [-0.3, -0.25) is 4.79 Å². The van der Waals surface area contributed by atoms with Crippen molar-refractivity contribution < 1.29 is 29.6 Å². The lowest BCUT2D eigenvalue weighted by Gasteiger charge is -2.62. The van der Waals surface area contributed by atoms with Crippen LogP contribution in [0.4, 0.5) is 0 Å². The SMILES string of the molecule is CCCC(=CC(=O)CCc1cc(OC2CCCC2)c(O)c2c1C#CC[C@H](N=C(N)N)C[C@@H]1C=C3[C@H](c4cccc(O)c4)C[C@@H](C)C[C@@]34CC[C@@H](OC)[C@H]1[C@H]24)CO. The number of carbonyl (C=O) groups excluding carboxylic acids is 1. The first-order valence-corrected chi connectivity index (χ1v) is 21.0. The van der Waals surface area contributed by atoms with E-state index < -0.39 is 0 Å².